The zero-order valence-corrected chi connectivity index (χ0v) is 23.1. The molecule has 4 aromatic carbocycles. The van der Waals surface area contributed by atoms with Crippen LogP contribution in [0.5, 0.6) is 11.5 Å². The number of fused-ring (bicyclic) bond motifs is 2. The zero-order chi connectivity index (χ0) is 28.1. The first-order valence-corrected chi connectivity index (χ1v) is 13.4. The quantitative estimate of drug-likeness (QED) is 0.122. The normalized spacial score (nSPS) is 11.3. The number of rotatable bonds is 9. The number of aromatic nitrogens is 1. The maximum atomic E-state index is 12.9. The number of ether oxygens (including phenoxy) is 2. The molecule has 0 unspecified atom stereocenters. The van der Waals surface area contributed by atoms with Crippen LogP contribution in [0, 0.1) is 0 Å². The lowest BCUT2D eigenvalue weighted by Crippen LogP contribution is -2.25. The molecule has 1 N–H and O–H groups in total. The second-order valence-electron chi connectivity index (χ2n) is 8.91. The molecule has 40 heavy (non-hydrogen) atoms. The minimum Gasteiger partial charge on any atom is -0.490 e. The summed E-state index contributed by atoms with van der Waals surface area (Å²) in [4.78, 5) is 25.8. The zero-order valence-electron chi connectivity index (χ0n) is 21.6. The number of nitrogens with zero attached hydrogens (tertiary/aromatic N) is 2. The van der Waals surface area contributed by atoms with Gasteiger partial charge in [-0.2, -0.15) is 5.10 Å². The van der Waals surface area contributed by atoms with Gasteiger partial charge >= 0.3 is 0 Å². The van der Waals surface area contributed by atoms with E-state index in [0.717, 1.165) is 5.56 Å². The largest absolute Gasteiger partial charge is 0.490 e. The van der Waals surface area contributed by atoms with E-state index < -0.39 is 0 Å². The number of carbonyl (C=O) groups excluding carboxylic acids is 1. The van der Waals surface area contributed by atoms with E-state index in [2.05, 4.69) is 10.5 Å². The maximum Gasteiger partial charge on any atom is 0.260 e. The summed E-state index contributed by atoms with van der Waals surface area (Å²) in [6, 6.07) is 25.1. The molecule has 0 saturated heterocycles. The van der Waals surface area contributed by atoms with Crippen molar-refractivity contribution in [1.29, 1.82) is 0 Å². The van der Waals surface area contributed by atoms with Crippen molar-refractivity contribution in [1.82, 2.24) is 9.99 Å². The highest BCUT2D eigenvalue weighted by Crippen LogP contribution is 2.30. The summed E-state index contributed by atoms with van der Waals surface area (Å²) in [6.07, 6.45) is 1.53. The minimum atomic E-state index is -0.333. The number of hydrogen-bond donors (Lipinski definition) is 1. The third-order valence-electron chi connectivity index (χ3n) is 6.25. The molecule has 7 nitrogen and oxygen atoms in total. The van der Waals surface area contributed by atoms with E-state index >= 15 is 0 Å². The average Bonchev–Trinajstić information content (AvgIpc) is 2.96. The van der Waals surface area contributed by atoms with Gasteiger partial charge in [0.25, 0.3) is 5.91 Å². The Labute approximate surface area is 240 Å². The van der Waals surface area contributed by atoms with Crippen molar-refractivity contribution in [2.24, 2.45) is 5.10 Å². The van der Waals surface area contributed by atoms with Crippen molar-refractivity contribution in [3.05, 3.63) is 116 Å². The summed E-state index contributed by atoms with van der Waals surface area (Å²) in [5.74, 6) is 0.750. The first-order chi connectivity index (χ1) is 19.4. The molecule has 0 bridgehead atoms. The summed E-state index contributed by atoms with van der Waals surface area (Å²) < 4.78 is 13.5. The average molecular weight is 574 g/mol. The molecule has 0 spiro atoms. The van der Waals surface area contributed by atoms with Crippen LogP contribution < -0.4 is 20.3 Å². The summed E-state index contributed by atoms with van der Waals surface area (Å²) in [5, 5.41) is 6.32. The summed E-state index contributed by atoms with van der Waals surface area (Å²) in [6.45, 7) is 2.55. The first kappa shape index (κ1) is 27.2. The van der Waals surface area contributed by atoms with Crippen LogP contribution in [0.25, 0.3) is 21.8 Å². The Morgan fingerprint density at radius 3 is 2.27 bits per heavy atom. The Balaban J connectivity index is 1.30. The fourth-order valence-electron chi connectivity index (χ4n) is 4.39. The van der Waals surface area contributed by atoms with Crippen LogP contribution in [0.3, 0.4) is 0 Å². The number of nitrogens with one attached hydrogen (secondary N) is 1. The van der Waals surface area contributed by atoms with Crippen LogP contribution in [-0.2, 0) is 17.9 Å². The smallest absolute Gasteiger partial charge is 0.260 e. The predicted octanol–water partition coefficient (Wildman–Crippen LogP) is 6.59. The lowest BCUT2D eigenvalue weighted by molar-refractivity contribution is -0.121. The molecule has 1 heterocycles. The van der Waals surface area contributed by atoms with Crippen molar-refractivity contribution < 1.29 is 14.3 Å². The van der Waals surface area contributed by atoms with Crippen molar-refractivity contribution in [3.63, 3.8) is 0 Å². The number of hydrogen-bond acceptors (Lipinski definition) is 5. The third-order valence-corrected chi connectivity index (χ3v) is 6.84. The van der Waals surface area contributed by atoms with E-state index in [1.165, 1.54) is 6.21 Å². The summed E-state index contributed by atoms with van der Waals surface area (Å²) >= 11 is 12.2. The van der Waals surface area contributed by atoms with E-state index in [0.29, 0.717) is 55.5 Å². The summed E-state index contributed by atoms with van der Waals surface area (Å²) in [5.41, 5.74) is 5.39. The molecular formula is C31H25Cl2N3O4. The van der Waals surface area contributed by atoms with Crippen LogP contribution in [-0.4, -0.2) is 23.3 Å². The Kier molecular flexibility index (Phi) is 8.34. The Hall–Kier alpha value is -4.33. The number of benzene rings is 4. The predicted molar refractivity (Wildman–Crippen MR) is 160 cm³/mol. The van der Waals surface area contributed by atoms with E-state index in [1.807, 2.05) is 54.0 Å². The summed E-state index contributed by atoms with van der Waals surface area (Å²) in [7, 11) is 0. The van der Waals surface area contributed by atoms with Crippen LogP contribution in [0.1, 0.15) is 18.1 Å². The highest BCUT2D eigenvalue weighted by atomic mass is 35.5. The van der Waals surface area contributed by atoms with Gasteiger partial charge in [-0.15, -0.1) is 0 Å². The Morgan fingerprint density at radius 2 is 1.60 bits per heavy atom. The number of hydrazone groups is 1. The van der Waals surface area contributed by atoms with Gasteiger partial charge in [-0.05, 0) is 67.1 Å². The van der Waals surface area contributed by atoms with Gasteiger partial charge < -0.3 is 14.0 Å². The first-order valence-electron chi connectivity index (χ1n) is 12.6. The second kappa shape index (κ2) is 12.2. The van der Waals surface area contributed by atoms with Crippen LogP contribution in [0.2, 0.25) is 10.0 Å². The lowest BCUT2D eigenvalue weighted by Gasteiger charge is -2.14. The van der Waals surface area contributed by atoms with Gasteiger partial charge in [-0.3, -0.25) is 9.59 Å². The SMILES string of the molecule is CCOc1cc(/C=N\NC(=O)Cn2c3ccccc3c(=O)c3ccccc32)ccc1OCc1ccc(Cl)cc1Cl. The van der Waals surface area contributed by atoms with Crippen molar-refractivity contribution in [2.45, 2.75) is 20.1 Å². The van der Waals surface area contributed by atoms with Gasteiger partial charge in [-0.1, -0.05) is 53.5 Å². The van der Waals surface area contributed by atoms with Crippen molar-refractivity contribution >= 4 is 57.1 Å². The maximum absolute atomic E-state index is 12.9. The van der Waals surface area contributed by atoms with Gasteiger partial charge in [0, 0.05) is 26.4 Å². The topological polar surface area (TPSA) is 81.9 Å². The fraction of sp³-hybridized carbons (Fsp3) is 0.129. The van der Waals surface area contributed by atoms with Crippen molar-refractivity contribution in [3.8, 4) is 11.5 Å². The van der Waals surface area contributed by atoms with E-state index in [4.69, 9.17) is 32.7 Å². The van der Waals surface area contributed by atoms with Crippen molar-refractivity contribution in [2.75, 3.05) is 6.61 Å². The van der Waals surface area contributed by atoms with Gasteiger partial charge in [-0.25, -0.2) is 5.43 Å². The van der Waals surface area contributed by atoms with E-state index in [9.17, 15) is 9.59 Å². The monoisotopic (exact) mass is 573 g/mol. The number of carbonyl (C=O) groups is 1. The Morgan fingerprint density at radius 1 is 0.900 bits per heavy atom. The molecule has 0 fully saturated rings. The molecule has 0 radical (unpaired) electrons. The molecule has 9 heteroatoms. The van der Waals surface area contributed by atoms with Gasteiger partial charge in [0.1, 0.15) is 13.2 Å². The molecule has 1 aromatic heterocycles. The Bertz CT molecular complexity index is 1740. The molecule has 0 aliphatic rings. The van der Waals surface area contributed by atoms with E-state index in [-0.39, 0.29) is 24.5 Å². The van der Waals surface area contributed by atoms with Gasteiger partial charge in [0.15, 0.2) is 16.9 Å². The number of para-hydroxylation sites is 2. The van der Waals surface area contributed by atoms with Crippen LogP contribution in [0.15, 0.2) is 94.8 Å². The second-order valence-corrected chi connectivity index (χ2v) is 9.75. The lowest BCUT2D eigenvalue weighted by atomic mass is 10.1. The fourth-order valence-corrected chi connectivity index (χ4v) is 4.85. The molecule has 0 atom stereocenters. The molecule has 0 saturated carbocycles. The van der Waals surface area contributed by atoms with Gasteiger partial charge in [0.2, 0.25) is 0 Å². The highest BCUT2D eigenvalue weighted by Gasteiger charge is 2.13. The van der Waals surface area contributed by atoms with E-state index in [1.54, 1.807) is 42.5 Å². The standard InChI is InChI=1S/C31H25Cl2N3O4/c1-2-39-29-15-20(11-14-28(29)40-19-21-12-13-22(32)16-25(21)33)17-34-35-30(37)18-36-26-9-5-3-7-23(26)31(38)24-8-4-6-10-27(24)36/h3-17H,2,18-19H2,1H3,(H,35,37)/b34-17-. The van der Waals surface area contributed by atoms with Crippen LogP contribution >= 0.6 is 23.2 Å². The van der Waals surface area contributed by atoms with Gasteiger partial charge in [0.05, 0.1) is 23.9 Å². The molecule has 1 amide bonds. The molecule has 5 aromatic rings. The number of pyridine rings is 1. The molecular weight excluding hydrogens is 549 g/mol. The molecule has 5 rings (SSSR count). The highest BCUT2D eigenvalue weighted by molar-refractivity contribution is 6.35. The number of amides is 1. The molecule has 0 aliphatic carbocycles. The minimum absolute atomic E-state index is 0.0110. The number of halogens is 2. The van der Waals surface area contributed by atoms with Crippen LogP contribution in [0.4, 0.5) is 0 Å². The molecule has 0 aliphatic heterocycles. The molecule has 202 valence electrons. The third kappa shape index (κ3) is 5.96.